The van der Waals surface area contributed by atoms with E-state index in [0.717, 1.165) is 12.8 Å². The maximum atomic E-state index is 9.33. The van der Waals surface area contributed by atoms with E-state index in [-0.39, 0.29) is 5.41 Å². The first-order valence-electron chi connectivity index (χ1n) is 5.38. The van der Waals surface area contributed by atoms with Crippen LogP contribution in [-0.2, 0) is 5.41 Å². The summed E-state index contributed by atoms with van der Waals surface area (Å²) in [6.07, 6.45) is 3.19. The highest BCUT2D eigenvalue weighted by atomic mass is 15.1. The van der Waals surface area contributed by atoms with E-state index in [1.54, 1.807) is 0 Å². The Labute approximate surface area is 91.1 Å². The minimum atomic E-state index is -0.207. The zero-order chi connectivity index (χ0) is 10.9. The summed E-state index contributed by atoms with van der Waals surface area (Å²) in [7, 11) is 4.06. The maximum Gasteiger partial charge on any atom is 0.0842 e. The molecule has 1 fully saturated rings. The number of para-hydroxylation sites is 1. The van der Waals surface area contributed by atoms with Crippen LogP contribution in [0, 0.1) is 11.3 Å². The van der Waals surface area contributed by atoms with E-state index in [1.807, 2.05) is 26.2 Å². The van der Waals surface area contributed by atoms with E-state index in [0.29, 0.717) is 0 Å². The molecular formula is C13H16N2. The van der Waals surface area contributed by atoms with E-state index >= 15 is 0 Å². The van der Waals surface area contributed by atoms with Crippen LogP contribution in [0.1, 0.15) is 24.8 Å². The molecule has 1 aliphatic rings. The second-order valence-corrected chi connectivity index (χ2v) is 4.46. The standard InChI is InChI=1S/C13H16N2/c1-15(2)12-7-4-3-6-11(12)13(10-14)8-5-9-13/h3-4,6-7H,5,8-9H2,1-2H3. The Morgan fingerprint density at radius 2 is 1.93 bits per heavy atom. The van der Waals surface area contributed by atoms with Crippen LogP contribution in [0.5, 0.6) is 0 Å². The Balaban J connectivity index is 2.48. The molecule has 1 saturated carbocycles. The fourth-order valence-electron chi connectivity index (χ4n) is 2.24. The van der Waals surface area contributed by atoms with E-state index in [9.17, 15) is 5.26 Å². The second kappa shape index (κ2) is 3.58. The molecule has 0 spiro atoms. The average molecular weight is 200 g/mol. The minimum Gasteiger partial charge on any atom is -0.377 e. The smallest absolute Gasteiger partial charge is 0.0842 e. The zero-order valence-electron chi connectivity index (χ0n) is 9.33. The molecule has 0 amide bonds. The first-order chi connectivity index (χ1) is 7.19. The summed E-state index contributed by atoms with van der Waals surface area (Å²) >= 11 is 0. The van der Waals surface area contributed by atoms with Gasteiger partial charge in [0, 0.05) is 19.8 Å². The van der Waals surface area contributed by atoms with Crippen molar-refractivity contribution in [3.63, 3.8) is 0 Å². The van der Waals surface area contributed by atoms with Crippen molar-refractivity contribution in [3.8, 4) is 6.07 Å². The molecule has 0 radical (unpaired) electrons. The average Bonchev–Trinajstić information content (AvgIpc) is 2.17. The van der Waals surface area contributed by atoms with Crippen molar-refractivity contribution in [2.75, 3.05) is 19.0 Å². The van der Waals surface area contributed by atoms with Crippen LogP contribution in [0.3, 0.4) is 0 Å². The fraction of sp³-hybridized carbons (Fsp3) is 0.462. The lowest BCUT2D eigenvalue weighted by molar-refractivity contribution is 0.324. The third-order valence-electron chi connectivity index (χ3n) is 3.32. The largest absolute Gasteiger partial charge is 0.377 e. The second-order valence-electron chi connectivity index (χ2n) is 4.46. The van der Waals surface area contributed by atoms with Crippen molar-refractivity contribution >= 4 is 5.69 Å². The predicted octanol–water partition coefficient (Wildman–Crippen LogP) is 2.70. The van der Waals surface area contributed by atoms with Gasteiger partial charge in [0.05, 0.1) is 11.5 Å². The lowest BCUT2D eigenvalue weighted by Gasteiger charge is -2.38. The van der Waals surface area contributed by atoms with E-state index in [2.05, 4.69) is 23.1 Å². The number of hydrogen-bond donors (Lipinski definition) is 0. The Bertz CT molecular complexity index is 397. The lowest BCUT2D eigenvalue weighted by Crippen LogP contribution is -2.34. The fourth-order valence-corrected chi connectivity index (χ4v) is 2.24. The molecule has 1 aromatic carbocycles. The molecule has 1 aromatic rings. The molecule has 2 heteroatoms. The van der Waals surface area contributed by atoms with Crippen LogP contribution >= 0.6 is 0 Å². The molecule has 1 aliphatic carbocycles. The normalized spacial score (nSPS) is 17.7. The van der Waals surface area contributed by atoms with Gasteiger partial charge in [-0.1, -0.05) is 18.2 Å². The molecular weight excluding hydrogens is 184 g/mol. The van der Waals surface area contributed by atoms with Crippen LogP contribution in [0.2, 0.25) is 0 Å². The van der Waals surface area contributed by atoms with E-state index < -0.39 is 0 Å². The summed E-state index contributed by atoms with van der Waals surface area (Å²) in [5, 5.41) is 9.33. The molecule has 0 unspecified atom stereocenters. The van der Waals surface area contributed by atoms with E-state index in [1.165, 1.54) is 17.7 Å². The van der Waals surface area contributed by atoms with Gasteiger partial charge in [0.25, 0.3) is 0 Å². The Morgan fingerprint density at radius 1 is 1.27 bits per heavy atom. The van der Waals surface area contributed by atoms with Gasteiger partial charge >= 0.3 is 0 Å². The number of hydrogen-bond acceptors (Lipinski definition) is 2. The van der Waals surface area contributed by atoms with Crippen molar-refractivity contribution in [1.82, 2.24) is 0 Å². The van der Waals surface area contributed by atoms with Crippen LogP contribution in [0.25, 0.3) is 0 Å². The Kier molecular flexibility index (Phi) is 2.40. The van der Waals surface area contributed by atoms with Crippen LogP contribution in [0.15, 0.2) is 24.3 Å². The first-order valence-corrected chi connectivity index (χ1v) is 5.38. The number of benzene rings is 1. The van der Waals surface area contributed by atoms with Crippen molar-refractivity contribution in [1.29, 1.82) is 5.26 Å². The topological polar surface area (TPSA) is 27.0 Å². The van der Waals surface area contributed by atoms with Gasteiger partial charge in [0.2, 0.25) is 0 Å². The van der Waals surface area contributed by atoms with Gasteiger partial charge in [0.15, 0.2) is 0 Å². The van der Waals surface area contributed by atoms with Gasteiger partial charge in [-0.2, -0.15) is 5.26 Å². The zero-order valence-corrected chi connectivity index (χ0v) is 9.33. The minimum absolute atomic E-state index is 0.207. The van der Waals surface area contributed by atoms with Gasteiger partial charge in [-0.15, -0.1) is 0 Å². The van der Waals surface area contributed by atoms with Crippen LogP contribution < -0.4 is 4.90 Å². The third kappa shape index (κ3) is 1.48. The Morgan fingerprint density at radius 3 is 2.40 bits per heavy atom. The molecule has 2 nitrogen and oxygen atoms in total. The molecule has 0 heterocycles. The summed E-state index contributed by atoms with van der Waals surface area (Å²) in [6, 6.07) is 10.7. The van der Waals surface area contributed by atoms with Crippen molar-refractivity contribution in [2.24, 2.45) is 0 Å². The van der Waals surface area contributed by atoms with Gasteiger partial charge in [-0.3, -0.25) is 0 Å². The summed E-state index contributed by atoms with van der Waals surface area (Å²) in [5.74, 6) is 0. The van der Waals surface area contributed by atoms with Crippen molar-refractivity contribution < 1.29 is 0 Å². The quantitative estimate of drug-likeness (QED) is 0.734. The SMILES string of the molecule is CN(C)c1ccccc1C1(C#N)CCC1. The predicted molar refractivity (Wildman–Crippen MR) is 61.9 cm³/mol. The molecule has 0 atom stereocenters. The molecule has 0 saturated heterocycles. The van der Waals surface area contributed by atoms with Crippen LogP contribution in [-0.4, -0.2) is 14.1 Å². The summed E-state index contributed by atoms with van der Waals surface area (Å²) in [4.78, 5) is 2.09. The van der Waals surface area contributed by atoms with Gasteiger partial charge < -0.3 is 4.90 Å². The first kappa shape index (κ1) is 10.0. The summed E-state index contributed by atoms with van der Waals surface area (Å²) in [6.45, 7) is 0. The van der Waals surface area contributed by atoms with Crippen LogP contribution in [0.4, 0.5) is 5.69 Å². The molecule has 0 N–H and O–H groups in total. The molecule has 15 heavy (non-hydrogen) atoms. The number of nitrogens with zero attached hydrogens (tertiary/aromatic N) is 2. The number of nitriles is 1. The maximum absolute atomic E-state index is 9.33. The van der Waals surface area contributed by atoms with E-state index in [4.69, 9.17) is 0 Å². The highest BCUT2D eigenvalue weighted by molar-refractivity contribution is 5.58. The molecule has 0 aromatic heterocycles. The Hall–Kier alpha value is -1.49. The summed E-state index contributed by atoms with van der Waals surface area (Å²) < 4.78 is 0. The number of anilines is 1. The third-order valence-corrected chi connectivity index (χ3v) is 3.32. The molecule has 78 valence electrons. The summed E-state index contributed by atoms with van der Waals surface area (Å²) in [5.41, 5.74) is 2.17. The van der Waals surface area contributed by atoms with Gasteiger partial charge in [-0.25, -0.2) is 0 Å². The van der Waals surface area contributed by atoms with Crippen molar-refractivity contribution in [2.45, 2.75) is 24.7 Å². The molecule has 0 bridgehead atoms. The van der Waals surface area contributed by atoms with Crippen molar-refractivity contribution in [3.05, 3.63) is 29.8 Å². The highest BCUT2D eigenvalue weighted by Gasteiger charge is 2.40. The van der Waals surface area contributed by atoms with Gasteiger partial charge in [0.1, 0.15) is 0 Å². The molecule has 0 aliphatic heterocycles. The molecule has 2 rings (SSSR count). The van der Waals surface area contributed by atoms with Gasteiger partial charge in [-0.05, 0) is 30.9 Å². The lowest BCUT2D eigenvalue weighted by atomic mass is 9.65. The highest BCUT2D eigenvalue weighted by Crippen LogP contribution is 2.46. The monoisotopic (exact) mass is 200 g/mol. The number of rotatable bonds is 2.